The van der Waals surface area contributed by atoms with E-state index in [0.29, 0.717) is 0 Å². The summed E-state index contributed by atoms with van der Waals surface area (Å²) in [5, 5.41) is 0. The molecule has 0 aliphatic rings. The zero-order chi connectivity index (χ0) is 62.0. The van der Waals surface area contributed by atoms with Crippen molar-refractivity contribution in [3.05, 3.63) is 0 Å². The third-order valence-corrected chi connectivity index (χ3v) is 9.67. The molecule has 0 heterocycles. The Balaban J connectivity index is 8.18. The Morgan fingerprint density at radius 2 is 0.176 bits per heavy atom. The van der Waals surface area contributed by atoms with Gasteiger partial charge in [0.1, 0.15) is 0 Å². The van der Waals surface area contributed by atoms with Gasteiger partial charge in [-0.1, -0.05) is 0 Å². The van der Waals surface area contributed by atoms with Crippen molar-refractivity contribution in [2.24, 2.45) is 0 Å². The molecule has 0 aromatic carbocycles. The maximum Gasteiger partial charge on any atom is 0.460 e. The molecule has 0 atom stereocenters. The molecule has 0 aromatic heterocycles. The summed E-state index contributed by atoms with van der Waals surface area (Å²) in [6.07, 6.45) is -8.62. The molecule has 0 aliphatic carbocycles. The first-order valence-corrected chi connectivity index (χ1v) is 16.3. The van der Waals surface area contributed by atoms with E-state index in [0.717, 1.165) is 0 Å². The van der Waals surface area contributed by atoms with Crippen LogP contribution in [0, 0.1) is 0 Å². The number of alkyl halides is 50. The minimum atomic E-state index is -10.9. The Morgan fingerprint density at radius 1 is 0.108 bits per heavy atom. The van der Waals surface area contributed by atoms with Gasteiger partial charge in [0.05, 0.1) is 0 Å². The van der Waals surface area contributed by atoms with Gasteiger partial charge in [0.15, 0.2) is 0 Å². The van der Waals surface area contributed by atoms with Crippen molar-refractivity contribution in [3.63, 3.8) is 0 Å². The van der Waals surface area contributed by atoms with Crippen molar-refractivity contribution in [2.75, 3.05) is 0 Å². The summed E-state index contributed by atoms with van der Waals surface area (Å²) < 4.78 is 661. The van der Waals surface area contributed by atoms with Gasteiger partial charge in [0.2, 0.25) is 0 Å². The molecule has 74 heavy (non-hydrogen) atoms. The summed E-state index contributed by atoms with van der Waals surface area (Å²) in [6, 6.07) is 0. The molecule has 446 valence electrons. The van der Waals surface area contributed by atoms with Crippen molar-refractivity contribution in [2.45, 2.75) is 140 Å². The van der Waals surface area contributed by atoms with E-state index >= 15 is 0 Å². The van der Waals surface area contributed by atoms with Gasteiger partial charge in [-0.3, -0.25) is 0 Å². The van der Waals surface area contributed by atoms with Gasteiger partial charge < -0.3 is 0 Å². The van der Waals surface area contributed by atoms with E-state index in [1.54, 1.807) is 0 Å². The number of halogens is 50. The average molecular weight is 1350 g/mol. The fourth-order valence-electron chi connectivity index (χ4n) is 4.30. The van der Waals surface area contributed by atoms with Crippen LogP contribution in [-0.4, -0.2) is 140 Å². The van der Waals surface area contributed by atoms with Crippen LogP contribution in [0.3, 0.4) is 0 Å². The minimum absolute atomic E-state index is 1.56. The average Bonchev–Trinajstić information content (AvgIpc) is 3.15. The van der Waals surface area contributed by atoms with Crippen LogP contribution in [0.1, 0.15) is 0 Å². The molecule has 0 N–H and O–H groups in total. The maximum atomic E-state index is 14.1. The lowest BCUT2D eigenvalue weighted by Crippen LogP contribution is -2.81. The standard InChI is InChI=1S/C24F49I/c25-1(26,3(29,30)5(33,34)7(37,38)9(41,42)11(45,46)13(49,50)15(53,54)17(57,58)19(61,62)21(65,66)23(69,70)71)2(27,28)4(31,32)6(35,36)8(39,40)10(43,44)12(47,48)14(51,52)16(55,56)18(59,60)20(63,64)22(67,68)24(72,73)74. The molecule has 0 rings (SSSR count). The van der Waals surface area contributed by atoms with Crippen LogP contribution in [0.15, 0.2) is 0 Å². The molecule has 0 aromatic rings. The first-order chi connectivity index (χ1) is 30.8. The first-order valence-electron chi connectivity index (χ1n) is 15.2. The Kier molecular flexibility index (Phi) is 16.3. The highest BCUT2D eigenvalue weighted by Gasteiger charge is 3.04. The second-order valence-corrected chi connectivity index (χ2v) is 15.0. The molecule has 0 saturated heterocycles. The maximum absolute atomic E-state index is 14.1. The topological polar surface area (TPSA) is 0 Å². The van der Waals surface area contributed by atoms with Crippen molar-refractivity contribution >= 4 is 22.6 Å². The van der Waals surface area contributed by atoms with E-state index in [-0.39, 0.29) is 0 Å². The van der Waals surface area contributed by atoms with Crippen LogP contribution in [0.5, 0.6) is 0 Å². The Morgan fingerprint density at radius 3 is 0.243 bits per heavy atom. The molecule has 0 fully saturated rings. The van der Waals surface area contributed by atoms with Gasteiger partial charge in [0.25, 0.3) is 0 Å². The van der Waals surface area contributed by atoms with Crippen LogP contribution in [0.4, 0.5) is 215 Å². The van der Waals surface area contributed by atoms with Crippen molar-refractivity contribution in [1.29, 1.82) is 0 Å². The summed E-state index contributed by atoms with van der Waals surface area (Å²) in [5.41, 5.74) is 0. The molecule has 50 heteroatoms. The molecule has 0 spiro atoms. The summed E-state index contributed by atoms with van der Waals surface area (Å²) in [5.74, 6) is -227. The van der Waals surface area contributed by atoms with E-state index in [4.69, 9.17) is 0 Å². The lowest BCUT2D eigenvalue weighted by molar-refractivity contribution is -0.498. The molecule has 0 nitrogen and oxygen atoms in total. The van der Waals surface area contributed by atoms with E-state index in [1.807, 2.05) is 0 Å². The SMILES string of the molecule is FC(F)(F)C(F)(F)C(F)(F)C(F)(F)C(F)(F)C(F)(F)C(F)(F)C(F)(F)C(F)(F)C(F)(F)C(F)(F)C(F)(F)C(F)(F)C(F)(F)C(F)(F)C(F)(F)C(F)(F)C(F)(F)C(F)(F)C(F)(F)C(F)(F)C(F)(F)C(F)(F)C(F)(F)I. The fraction of sp³-hybridized carbons (Fsp3) is 1.00. The normalized spacial score (nSPS) is 17.6. The molecule has 0 radical (unpaired) electrons. The van der Waals surface area contributed by atoms with Crippen molar-refractivity contribution in [1.82, 2.24) is 0 Å². The van der Waals surface area contributed by atoms with Gasteiger partial charge >= 0.3 is 140 Å². The van der Waals surface area contributed by atoms with Gasteiger partial charge in [-0.2, -0.15) is 215 Å². The highest BCUT2D eigenvalue weighted by atomic mass is 127. The number of hydrogen-bond acceptors (Lipinski definition) is 0. The zero-order valence-corrected chi connectivity index (χ0v) is 33.1. The molecule has 0 saturated carbocycles. The van der Waals surface area contributed by atoms with Gasteiger partial charge in [-0.05, 0) is 0 Å². The predicted octanol–water partition coefficient (Wildman–Crippen LogP) is 16.6. The van der Waals surface area contributed by atoms with Crippen LogP contribution in [0.25, 0.3) is 0 Å². The van der Waals surface area contributed by atoms with Crippen LogP contribution in [-0.2, 0) is 0 Å². The molecule has 0 unspecified atom stereocenters. The Bertz CT molecular complexity index is 1890. The Hall–Kier alpha value is -2.70. The summed E-state index contributed by atoms with van der Waals surface area (Å²) in [6.45, 7) is 0. The lowest BCUT2D eigenvalue weighted by Gasteiger charge is -2.47. The number of hydrogen-bond donors (Lipinski definition) is 0. The molecular weight excluding hydrogens is 1350 g/mol. The Labute approximate surface area is 379 Å². The van der Waals surface area contributed by atoms with Crippen LogP contribution < -0.4 is 0 Å². The van der Waals surface area contributed by atoms with E-state index < -0.39 is 163 Å². The second kappa shape index (κ2) is 16.9. The van der Waals surface area contributed by atoms with Crippen LogP contribution in [0.2, 0.25) is 0 Å². The highest BCUT2D eigenvalue weighted by Crippen LogP contribution is 2.72. The molecule has 0 aliphatic heterocycles. The third-order valence-electron chi connectivity index (χ3n) is 8.99. The van der Waals surface area contributed by atoms with E-state index in [2.05, 4.69) is 0 Å². The summed E-state index contributed by atoms with van der Waals surface area (Å²) in [7, 11) is 0. The first kappa shape index (κ1) is 71.3. The second-order valence-electron chi connectivity index (χ2n) is 13.6. The van der Waals surface area contributed by atoms with Gasteiger partial charge in [-0.15, -0.1) is 0 Å². The van der Waals surface area contributed by atoms with E-state index in [9.17, 15) is 215 Å². The van der Waals surface area contributed by atoms with Gasteiger partial charge in [-0.25, -0.2) is 0 Å². The monoisotopic (exact) mass is 1350 g/mol. The van der Waals surface area contributed by atoms with Gasteiger partial charge in [0, 0.05) is 22.6 Å². The van der Waals surface area contributed by atoms with Crippen LogP contribution >= 0.6 is 22.6 Å². The van der Waals surface area contributed by atoms with Crippen molar-refractivity contribution in [3.8, 4) is 0 Å². The molecule has 0 amide bonds. The predicted molar refractivity (Wildman–Crippen MR) is 134 cm³/mol. The zero-order valence-electron chi connectivity index (χ0n) is 30.9. The van der Waals surface area contributed by atoms with E-state index in [1.165, 1.54) is 0 Å². The highest BCUT2D eigenvalue weighted by molar-refractivity contribution is 14.1. The smallest absolute Gasteiger partial charge is 0.192 e. The summed E-state index contributed by atoms with van der Waals surface area (Å²) >= 11 is -1.56. The minimum Gasteiger partial charge on any atom is -0.192 e. The van der Waals surface area contributed by atoms with Crippen molar-refractivity contribution < 1.29 is 215 Å². The fourth-order valence-corrected chi connectivity index (χ4v) is 4.64. The number of rotatable bonds is 22. The molecular formula is C24F49I. The third kappa shape index (κ3) is 7.75. The molecule has 0 bridgehead atoms. The largest absolute Gasteiger partial charge is 0.460 e. The summed E-state index contributed by atoms with van der Waals surface area (Å²) in [4.78, 5) is 0. The lowest BCUT2D eigenvalue weighted by atomic mass is 9.81. The quantitative estimate of drug-likeness (QED) is 0.0576.